The standard InChI is InChI=1S/C71H120O20/c1-19-35-74-51-53(70(84-45-29-11,85-46-30-12)86-47-31-13)67(72)90-65-61(80-41-25-7)57(76-37-21-3)55(58(77-38-22-4)62(65)81-42-26-8)69(17,18)56-59(78-39-23-5)63(82-43-27-9)66(64(83-44-28-10)60(56)79-40-24-6)91-68(73)54(52-75-36-20-2)71(87-48-32-14,88-49-33-15)89-50-34-16/h51-52H,19-50H2,1-18H3. The highest BCUT2D eigenvalue weighted by Crippen LogP contribution is 2.64. The van der Waals surface area contributed by atoms with Crippen molar-refractivity contribution in [2.24, 2.45) is 0 Å². The average molecular weight is 1290 g/mol. The summed E-state index contributed by atoms with van der Waals surface area (Å²) in [7, 11) is 0. The molecule has 2 aromatic rings. The first-order chi connectivity index (χ1) is 44.1. The molecule has 524 valence electrons. The molecule has 2 rings (SSSR count). The quantitative estimate of drug-likeness (QED) is 0.0151. The Labute approximate surface area is 547 Å². The van der Waals surface area contributed by atoms with Crippen LogP contribution >= 0.6 is 0 Å². The summed E-state index contributed by atoms with van der Waals surface area (Å²) in [6.07, 6.45) is 11.8. The Kier molecular flexibility index (Phi) is 41.9. The topological polar surface area (TPSA) is 200 Å². The van der Waals surface area contributed by atoms with E-state index in [-0.39, 0.29) is 174 Å². The summed E-state index contributed by atoms with van der Waals surface area (Å²) in [6.45, 7) is 38.3. The molecule has 0 aliphatic heterocycles. The van der Waals surface area contributed by atoms with Crippen molar-refractivity contribution in [1.82, 2.24) is 0 Å². The molecule has 0 saturated heterocycles. The van der Waals surface area contributed by atoms with Crippen molar-refractivity contribution in [3.05, 3.63) is 34.8 Å². The van der Waals surface area contributed by atoms with Crippen LogP contribution in [0.5, 0.6) is 57.5 Å². The van der Waals surface area contributed by atoms with Crippen LogP contribution in [0.2, 0.25) is 0 Å². The summed E-state index contributed by atoms with van der Waals surface area (Å²) in [4.78, 5) is 31.3. The second-order valence-corrected chi connectivity index (χ2v) is 22.2. The zero-order valence-electron chi connectivity index (χ0n) is 59.4. The first-order valence-electron chi connectivity index (χ1n) is 34.6. The maximum Gasteiger partial charge on any atom is 0.351 e. The number of hydrogen-bond donors (Lipinski definition) is 0. The molecule has 0 radical (unpaired) electrons. The summed E-state index contributed by atoms with van der Waals surface area (Å²) in [5.41, 5.74) is -0.925. The summed E-state index contributed by atoms with van der Waals surface area (Å²) in [6, 6.07) is 0. The second kappa shape index (κ2) is 46.7. The van der Waals surface area contributed by atoms with Crippen LogP contribution in [-0.4, -0.2) is 130 Å². The van der Waals surface area contributed by atoms with Crippen LogP contribution in [0.25, 0.3) is 0 Å². The lowest BCUT2D eigenvalue weighted by Crippen LogP contribution is -2.46. The molecule has 0 N–H and O–H groups in total. The van der Waals surface area contributed by atoms with E-state index in [0.29, 0.717) is 114 Å². The van der Waals surface area contributed by atoms with E-state index in [2.05, 4.69) is 0 Å². The fraction of sp³-hybridized carbons (Fsp3) is 0.746. The predicted octanol–water partition coefficient (Wildman–Crippen LogP) is 16.6. The number of carbonyl (C=O) groups is 2. The minimum absolute atomic E-state index is 0.0519. The molecule has 0 amide bonds. The van der Waals surface area contributed by atoms with Crippen LogP contribution in [0.1, 0.15) is 238 Å². The largest absolute Gasteiger partial charge is 0.500 e. The van der Waals surface area contributed by atoms with Crippen LogP contribution in [-0.2, 0) is 52.9 Å². The van der Waals surface area contributed by atoms with Gasteiger partial charge in [-0.05, 0) is 103 Å². The van der Waals surface area contributed by atoms with Crippen LogP contribution in [0.15, 0.2) is 23.7 Å². The van der Waals surface area contributed by atoms with Crippen molar-refractivity contribution in [2.45, 2.75) is 245 Å². The highest BCUT2D eigenvalue weighted by Gasteiger charge is 2.50. The van der Waals surface area contributed by atoms with Gasteiger partial charge in [0.05, 0.1) is 117 Å². The third kappa shape index (κ3) is 24.2. The van der Waals surface area contributed by atoms with E-state index in [1.54, 1.807) is 0 Å². The van der Waals surface area contributed by atoms with Crippen LogP contribution in [0.3, 0.4) is 0 Å². The van der Waals surface area contributed by atoms with E-state index >= 15 is 9.59 Å². The number of esters is 2. The van der Waals surface area contributed by atoms with E-state index < -0.39 is 29.3 Å². The first kappa shape index (κ1) is 81.7. The minimum atomic E-state index is -2.04. The molecule has 0 fully saturated rings. The maximum absolute atomic E-state index is 15.7. The zero-order valence-corrected chi connectivity index (χ0v) is 59.4. The Bertz CT molecular complexity index is 2110. The summed E-state index contributed by atoms with van der Waals surface area (Å²) < 4.78 is 120. The number of rotatable bonds is 56. The molecule has 0 unspecified atom stereocenters. The Morgan fingerprint density at radius 1 is 0.264 bits per heavy atom. The monoisotopic (exact) mass is 1290 g/mol. The van der Waals surface area contributed by atoms with Crippen LogP contribution in [0, 0.1) is 0 Å². The van der Waals surface area contributed by atoms with Gasteiger partial charge in [-0.15, -0.1) is 0 Å². The molecule has 0 aromatic heterocycles. The van der Waals surface area contributed by atoms with E-state index in [1.165, 1.54) is 12.5 Å². The third-order valence-electron chi connectivity index (χ3n) is 12.9. The molecular formula is C71H120O20. The van der Waals surface area contributed by atoms with Gasteiger partial charge in [-0.25, -0.2) is 9.59 Å². The average Bonchev–Trinajstić information content (AvgIpc) is 0.743. The molecule has 0 spiro atoms. The minimum Gasteiger partial charge on any atom is -0.500 e. The van der Waals surface area contributed by atoms with Gasteiger partial charge in [0.1, 0.15) is 12.5 Å². The molecular weight excluding hydrogens is 1170 g/mol. The maximum atomic E-state index is 15.7. The fourth-order valence-corrected chi connectivity index (χ4v) is 8.87. The molecule has 0 aliphatic rings. The lowest BCUT2D eigenvalue weighted by Gasteiger charge is -2.37. The molecule has 91 heavy (non-hydrogen) atoms. The first-order valence-corrected chi connectivity index (χ1v) is 34.6. The van der Waals surface area contributed by atoms with Gasteiger partial charge in [-0.1, -0.05) is 125 Å². The number of ether oxygens (including phenoxy) is 18. The van der Waals surface area contributed by atoms with Crippen molar-refractivity contribution < 1.29 is 94.9 Å². The van der Waals surface area contributed by atoms with E-state index in [4.69, 9.17) is 85.3 Å². The Morgan fingerprint density at radius 2 is 0.451 bits per heavy atom. The molecule has 0 bridgehead atoms. The molecule has 0 heterocycles. The van der Waals surface area contributed by atoms with E-state index in [9.17, 15) is 0 Å². The Balaban J connectivity index is 3.78. The smallest absolute Gasteiger partial charge is 0.351 e. The molecule has 2 aromatic carbocycles. The van der Waals surface area contributed by atoms with Crippen molar-refractivity contribution in [1.29, 1.82) is 0 Å². The highest BCUT2D eigenvalue weighted by atomic mass is 16.9. The second-order valence-electron chi connectivity index (χ2n) is 22.2. The zero-order chi connectivity index (χ0) is 67.5. The van der Waals surface area contributed by atoms with Crippen molar-refractivity contribution in [3.8, 4) is 57.5 Å². The third-order valence-corrected chi connectivity index (χ3v) is 12.9. The molecule has 0 saturated carbocycles. The van der Waals surface area contributed by atoms with E-state index in [0.717, 1.165) is 0 Å². The summed E-state index contributed by atoms with van der Waals surface area (Å²) >= 11 is 0. The lowest BCUT2D eigenvalue weighted by molar-refractivity contribution is -0.357. The fourth-order valence-electron chi connectivity index (χ4n) is 8.87. The number of carbonyl (C=O) groups excluding carboxylic acids is 2. The molecule has 0 aliphatic carbocycles. The summed E-state index contributed by atoms with van der Waals surface area (Å²) in [5.74, 6) is -5.25. The van der Waals surface area contributed by atoms with Gasteiger partial charge in [0.25, 0.3) is 0 Å². The summed E-state index contributed by atoms with van der Waals surface area (Å²) in [5, 5.41) is 0. The normalized spacial score (nSPS) is 12.2. The highest BCUT2D eigenvalue weighted by molar-refractivity contribution is 5.94. The van der Waals surface area contributed by atoms with Crippen LogP contribution < -0.4 is 47.4 Å². The van der Waals surface area contributed by atoms with Gasteiger partial charge in [0.15, 0.2) is 34.1 Å². The van der Waals surface area contributed by atoms with Crippen molar-refractivity contribution in [2.75, 3.05) is 106 Å². The molecule has 20 nitrogen and oxygen atoms in total. The number of benzene rings is 2. The van der Waals surface area contributed by atoms with Gasteiger partial charge in [0, 0.05) is 5.41 Å². The van der Waals surface area contributed by atoms with Gasteiger partial charge in [-0.3, -0.25) is 0 Å². The van der Waals surface area contributed by atoms with Gasteiger partial charge < -0.3 is 85.3 Å². The van der Waals surface area contributed by atoms with Crippen LogP contribution in [0.4, 0.5) is 0 Å². The molecule has 0 atom stereocenters. The Hall–Kier alpha value is -5.38. The van der Waals surface area contributed by atoms with Crippen molar-refractivity contribution in [3.63, 3.8) is 0 Å². The lowest BCUT2D eigenvalue weighted by atomic mass is 9.75. The van der Waals surface area contributed by atoms with E-state index in [1.807, 2.05) is 125 Å². The molecule has 20 heteroatoms. The van der Waals surface area contributed by atoms with Gasteiger partial charge >= 0.3 is 23.9 Å². The van der Waals surface area contributed by atoms with Gasteiger partial charge in [-0.2, -0.15) is 0 Å². The Morgan fingerprint density at radius 3 is 0.637 bits per heavy atom. The van der Waals surface area contributed by atoms with Gasteiger partial charge in [0.2, 0.25) is 34.5 Å². The van der Waals surface area contributed by atoms with Crippen molar-refractivity contribution >= 4 is 11.9 Å². The number of hydrogen-bond acceptors (Lipinski definition) is 20. The predicted molar refractivity (Wildman–Crippen MR) is 354 cm³/mol. The SMILES string of the molecule is CCCOC=C(C(=O)Oc1c(OCCC)c(OCCC)c(C(C)(C)c2c(OCCC)c(OCCC)c(OC(=O)C(=COCCC)C(OCCC)(OCCC)OCCC)c(OCCC)c2OCCC)c(OCCC)c1OCCC)C(OCCC)(OCCC)OCCC.